The minimum atomic E-state index is -0.159. The molecule has 14 heavy (non-hydrogen) atoms. The monoisotopic (exact) mass is 214 g/mol. The molecule has 0 saturated carbocycles. The Morgan fingerprint density at radius 1 is 1.43 bits per heavy atom. The van der Waals surface area contributed by atoms with Crippen LogP contribution >= 0.6 is 11.8 Å². The summed E-state index contributed by atoms with van der Waals surface area (Å²) >= 11 is 2.01. The molecule has 0 aromatic carbocycles. The van der Waals surface area contributed by atoms with Crippen LogP contribution in [-0.2, 0) is 13.0 Å². The average molecular weight is 214 g/mol. The Morgan fingerprint density at radius 3 is 2.86 bits per heavy atom. The lowest BCUT2D eigenvalue weighted by molar-refractivity contribution is 0.222. The summed E-state index contributed by atoms with van der Waals surface area (Å²) in [5.74, 6) is 4.25. The quantitative estimate of drug-likeness (QED) is 0.820. The first kappa shape index (κ1) is 9.98. The molecule has 0 unspecified atom stereocenters. The fourth-order valence-electron chi connectivity index (χ4n) is 1.65. The van der Waals surface area contributed by atoms with Crippen molar-refractivity contribution < 1.29 is 9.63 Å². The van der Waals surface area contributed by atoms with E-state index in [-0.39, 0.29) is 6.61 Å². The van der Waals surface area contributed by atoms with Gasteiger partial charge in [-0.05, 0) is 30.3 Å². The molecular formula is C9H14N2O2S. The molecule has 1 aromatic rings. The lowest BCUT2D eigenvalue weighted by Gasteiger charge is -2.19. The predicted octanol–water partition coefficient (Wildman–Crippen LogP) is 1.25. The van der Waals surface area contributed by atoms with Crippen LogP contribution in [0.4, 0.5) is 0 Å². The van der Waals surface area contributed by atoms with E-state index in [0.29, 0.717) is 11.8 Å². The van der Waals surface area contributed by atoms with Crippen LogP contribution in [0.3, 0.4) is 0 Å². The Balaban J connectivity index is 1.89. The first-order valence-corrected chi connectivity index (χ1v) is 6.04. The lowest BCUT2D eigenvalue weighted by Crippen LogP contribution is -2.12. The van der Waals surface area contributed by atoms with Crippen molar-refractivity contribution in [3.63, 3.8) is 0 Å². The van der Waals surface area contributed by atoms with Gasteiger partial charge in [-0.2, -0.15) is 16.7 Å². The summed E-state index contributed by atoms with van der Waals surface area (Å²) in [7, 11) is 0. The Bertz CT molecular complexity index is 284. The van der Waals surface area contributed by atoms with E-state index in [1.54, 1.807) is 0 Å². The van der Waals surface area contributed by atoms with E-state index < -0.39 is 0 Å². The van der Waals surface area contributed by atoms with Crippen molar-refractivity contribution in [3.8, 4) is 0 Å². The standard InChI is InChI=1S/C9H14N2O2S/c12-6-9-10-8(11-13-9)5-7-1-3-14-4-2-7/h7,12H,1-6H2. The first-order chi connectivity index (χ1) is 6.88. The number of hydrogen-bond donors (Lipinski definition) is 1. The van der Waals surface area contributed by atoms with Crippen molar-refractivity contribution in [2.24, 2.45) is 5.92 Å². The van der Waals surface area contributed by atoms with Crippen LogP contribution in [0.25, 0.3) is 0 Å². The molecule has 1 saturated heterocycles. The molecule has 0 aliphatic carbocycles. The van der Waals surface area contributed by atoms with Gasteiger partial charge in [0, 0.05) is 6.42 Å². The van der Waals surface area contributed by atoms with Crippen molar-refractivity contribution in [1.82, 2.24) is 10.1 Å². The number of aliphatic hydroxyl groups excluding tert-OH is 1. The van der Waals surface area contributed by atoms with Crippen molar-refractivity contribution in [2.75, 3.05) is 11.5 Å². The van der Waals surface area contributed by atoms with Crippen LogP contribution in [0.5, 0.6) is 0 Å². The van der Waals surface area contributed by atoms with Crippen LogP contribution < -0.4 is 0 Å². The maximum absolute atomic E-state index is 8.76. The third-order valence-corrected chi connectivity index (χ3v) is 3.51. The molecule has 0 radical (unpaired) electrons. The van der Waals surface area contributed by atoms with E-state index in [9.17, 15) is 0 Å². The Kier molecular flexibility index (Phi) is 3.42. The van der Waals surface area contributed by atoms with E-state index in [1.807, 2.05) is 11.8 Å². The number of rotatable bonds is 3. The van der Waals surface area contributed by atoms with E-state index in [1.165, 1.54) is 24.3 Å². The van der Waals surface area contributed by atoms with Crippen molar-refractivity contribution in [2.45, 2.75) is 25.9 Å². The minimum absolute atomic E-state index is 0.159. The number of aliphatic hydroxyl groups is 1. The normalized spacial score (nSPS) is 18.6. The molecule has 2 rings (SSSR count). The Hall–Kier alpha value is -0.550. The number of aromatic nitrogens is 2. The number of thioether (sulfide) groups is 1. The largest absolute Gasteiger partial charge is 0.387 e. The molecule has 1 N–H and O–H groups in total. The van der Waals surface area contributed by atoms with Gasteiger partial charge in [-0.25, -0.2) is 0 Å². The van der Waals surface area contributed by atoms with E-state index in [4.69, 9.17) is 9.63 Å². The number of hydrogen-bond acceptors (Lipinski definition) is 5. The molecule has 0 spiro atoms. The van der Waals surface area contributed by atoms with Gasteiger partial charge in [0.2, 0.25) is 0 Å². The zero-order valence-electron chi connectivity index (χ0n) is 7.98. The van der Waals surface area contributed by atoms with Gasteiger partial charge in [-0.15, -0.1) is 0 Å². The third-order valence-electron chi connectivity index (χ3n) is 2.46. The first-order valence-electron chi connectivity index (χ1n) is 4.88. The third kappa shape index (κ3) is 2.48. The molecule has 5 heteroatoms. The topological polar surface area (TPSA) is 59.2 Å². The number of nitrogens with zero attached hydrogens (tertiary/aromatic N) is 2. The van der Waals surface area contributed by atoms with Gasteiger partial charge in [-0.1, -0.05) is 5.16 Å². The maximum Gasteiger partial charge on any atom is 0.252 e. The van der Waals surface area contributed by atoms with Crippen molar-refractivity contribution >= 4 is 11.8 Å². The molecule has 1 aliphatic heterocycles. The Morgan fingerprint density at radius 2 is 2.21 bits per heavy atom. The SMILES string of the molecule is OCc1nc(CC2CCSCC2)no1. The highest BCUT2D eigenvalue weighted by atomic mass is 32.2. The van der Waals surface area contributed by atoms with Crippen LogP contribution in [0.2, 0.25) is 0 Å². The second-order valence-electron chi connectivity index (χ2n) is 3.52. The fourth-order valence-corrected chi connectivity index (χ4v) is 2.85. The molecule has 0 amide bonds. The van der Waals surface area contributed by atoms with E-state index >= 15 is 0 Å². The molecule has 0 atom stereocenters. The maximum atomic E-state index is 8.76. The Labute approximate surface area is 87.1 Å². The highest BCUT2D eigenvalue weighted by molar-refractivity contribution is 7.99. The smallest absolute Gasteiger partial charge is 0.252 e. The lowest BCUT2D eigenvalue weighted by atomic mass is 9.99. The summed E-state index contributed by atoms with van der Waals surface area (Å²) in [5, 5.41) is 12.6. The second kappa shape index (κ2) is 4.79. The average Bonchev–Trinajstić information content (AvgIpc) is 2.67. The molecule has 1 aromatic heterocycles. The summed E-state index contributed by atoms with van der Waals surface area (Å²) in [6.07, 6.45) is 3.38. The summed E-state index contributed by atoms with van der Waals surface area (Å²) in [5.41, 5.74) is 0. The summed E-state index contributed by atoms with van der Waals surface area (Å²) in [6.45, 7) is -0.159. The molecule has 2 heterocycles. The van der Waals surface area contributed by atoms with Gasteiger partial charge in [0.15, 0.2) is 5.82 Å². The molecule has 1 fully saturated rings. The van der Waals surface area contributed by atoms with Crippen molar-refractivity contribution in [3.05, 3.63) is 11.7 Å². The van der Waals surface area contributed by atoms with E-state index in [0.717, 1.165) is 12.2 Å². The molecule has 0 bridgehead atoms. The van der Waals surface area contributed by atoms with Crippen molar-refractivity contribution in [1.29, 1.82) is 0 Å². The van der Waals surface area contributed by atoms with Crippen LogP contribution in [0, 0.1) is 5.92 Å². The van der Waals surface area contributed by atoms with Gasteiger partial charge in [0.25, 0.3) is 5.89 Å². The van der Waals surface area contributed by atoms with Crippen LogP contribution in [0.1, 0.15) is 24.6 Å². The predicted molar refractivity (Wildman–Crippen MR) is 54.0 cm³/mol. The molecule has 78 valence electrons. The summed E-state index contributed by atoms with van der Waals surface area (Å²) in [4.78, 5) is 4.09. The van der Waals surface area contributed by atoms with Gasteiger partial charge in [-0.3, -0.25) is 0 Å². The fraction of sp³-hybridized carbons (Fsp3) is 0.778. The zero-order chi connectivity index (χ0) is 9.80. The molecule has 1 aliphatic rings. The molecular weight excluding hydrogens is 200 g/mol. The van der Waals surface area contributed by atoms with Gasteiger partial charge in [0.05, 0.1) is 0 Å². The van der Waals surface area contributed by atoms with Crippen LogP contribution in [0.15, 0.2) is 4.52 Å². The minimum Gasteiger partial charge on any atom is -0.387 e. The zero-order valence-corrected chi connectivity index (χ0v) is 8.79. The van der Waals surface area contributed by atoms with Gasteiger partial charge in [0.1, 0.15) is 6.61 Å². The highest BCUT2D eigenvalue weighted by Crippen LogP contribution is 2.24. The second-order valence-corrected chi connectivity index (χ2v) is 4.75. The van der Waals surface area contributed by atoms with Gasteiger partial charge < -0.3 is 9.63 Å². The van der Waals surface area contributed by atoms with Crippen LogP contribution in [-0.4, -0.2) is 26.8 Å². The summed E-state index contributed by atoms with van der Waals surface area (Å²) < 4.78 is 4.84. The van der Waals surface area contributed by atoms with Gasteiger partial charge >= 0.3 is 0 Å². The van der Waals surface area contributed by atoms with E-state index in [2.05, 4.69) is 10.1 Å². The highest BCUT2D eigenvalue weighted by Gasteiger charge is 2.17. The molecule has 4 nitrogen and oxygen atoms in total. The summed E-state index contributed by atoms with van der Waals surface area (Å²) in [6, 6.07) is 0.